The average Bonchev–Trinajstić information content (AvgIpc) is 2.53. The van der Waals surface area contributed by atoms with Crippen LogP contribution >= 0.6 is 0 Å². The van der Waals surface area contributed by atoms with E-state index in [1.54, 1.807) is 30.3 Å². The fourth-order valence-corrected chi connectivity index (χ4v) is 1.75. The molecule has 2 aromatic rings. The number of aromatic carboxylic acids is 1. The third kappa shape index (κ3) is 3.67. The summed E-state index contributed by atoms with van der Waals surface area (Å²) in [6, 6.07) is 15.6. The average molecular weight is 279 g/mol. The van der Waals surface area contributed by atoms with E-state index in [0.29, 0.717) is 17.0 Å². The van der Waals surface area contributed by atoms with Gasteiger partial charge >= 0.3 is 5.97 Å². The van der Waals surface area contributed by atoms with Gasteiger partial charge in [0.05, 0.1) is 28.6 Å². The zero-order valence-electron chi connectivity index (χ0n) is 11.4. The second-order valence-electron chi connectivity index (χ2n) is 4.39. The highest BCUT2D eigenvalue weighted by Gasteiger charge is 2.03. The van der Waals surface area contributed by atoms with E-state index in [9.17, 15) is 4.79 Å². The van der Waals surface area contributed by atoms with Crippen LogP contribution in [0, 0.1) is 11.3 Å². The Balaban J connectivity index is 2.18. The zero-order chi connectivity index (χ0) is 15.2. The number of carbonyl (C=O) groups is 1. The Bertz CT molecular complexity index is 745. The molecule has 0 atom stereocenters. The van der Waals surface area contributed by atoms with Gasteiger partial charge in [-0.15, -0.1) is 0 Å². The van der Waals surface area contributed by atoms with Crippen molar-refractivity contribution in [1.82, 2.24) is 0 Å². The van der Waals surface area contributed by atoms with Gasteiger partial charge in [0, 0.05) is 0 Å². The second-order valence-corrected chi connectivity index (χ2v) is 4.39. The van der Waals surface area contributed by atoms with E-state index in [2.05, 4.69) is 16.6 Å². The zero-order valence-corrected chi connectivity index (χ0v) is 11.4. The first-order chi connectivity index (χ1) is 10.1. The lowest BCUT2D eigenvalue weighted by atomic mass is 10.1. The highest BCUT2D eigenvalue weighted by atomic mass is 16.4. The van der Waals surface area contributed by atoms with Crippen LogP contribution in [0.15, 0.2) is 53.6 Å². The van der Waals surface area contributed by atoms with Crippen LogP contribution in [0.4, 0.5) is 5.69 Å². The number of hydrazone groups is 1. The summed E-state index contributed by atoms with van der Waals surface area (Å²) in [5.74, 6) is -0.985. The van der Waals surface area contributed by atoms with Crippen LogP contribution in [0.3, 0.4) is 0 Å². The van der Waals surface area contributed by atoms with Crippen LogP contribution in [-0.4, -0.2) is 16.8 Å². The monoisotopic (exact) mass is 279 g/mol. The smallest absolute Gasteiger partial charge is 0.335 e. The maximum Gasteiger partial charge on any atom is 0.335 e. The molecule has 0 bridgehead atoms. The molecule has 0 amide bonds. The molecule has 0 heterocycles. The van der Waals surface area contributed by atoms with Crippen LogP contribution in [-0.2, 0) is 0 Å². The Morgan fingerprint density at radius 1 is 1.19 bits per heavy atom. The second kappa shape index (κ2) is 6.35. The van der Waals surface area contributed by atoms with Gasteiger partial charge in [0.1, 0.15) is 0 Å². The van der Waals surface area contributed by atoms with E-state index in [1.807, 2.05) is 13.0 Å². The lowest BCUT2D eigenvalue weighted by Crippen LogP contribution is -2.01. The summed E-state index contributed by atoms with van der Waals surface area (Å²) in [6.45, 7) is 1.81. The van der Waals surface area contributed by atoms with Crippen molar-refractivity contribution in [2.24, 2.45) is 5.10 Å². The highest BCUT2D eigenvalue weighted by molar-refractivity contribution is 5.99. The standard InChI is InChI=1S/C16H13N3O2/c1-11(13-5-2-4-12(8-13)10-17)18-19-15-7-3-6-14(9-15)16(20)21/h2-9,19H,1H3,(H,20,21). The number of hydrogen-bond donors (Lipinski definition) is 2. The molecule has 0 saturated carbocycles. The number of carboxylic acid groups (broad SMARTS) is 1. The summed E-state index contributed by atoms with van der Waals surface area (Å²) >= 11 is 0. The molecule has 0 aliphatic rings. The largest absolute Gasteiger partial charge is 0.478 e. The van der Waals surface area contributed by atoms with Crippen molar-refractivity contribution >= 4 is 17.4 Å². The Morgan fingerprint density at radius 2 is 1.90 bits per heavy atom. The van der Waals surface area contributed by atoms with Gasteiger partial charge in [0.25, 0.3) is 0 Å². The molecule has 2 N–H and O–H groups in total. The molecule has 0 radical (unpaired) electrons. The van der Waals surface area contributed by atoms with Gasteiger partial charge in [-0.25, -0.2) is 4.79 Å². The molecular formula is C16H13N3O2. The predicted octanol–water partition coefficient (Wildman–Crippen LogP) is 3.09. The number of carboxylic acids is 1. The Labute approximate surface area is 122 Å². The van der Waals surface area contributed by atoms with Gasteiger partial charge in [-0.1, -0.05) is 18.2 Å². The van der Waals surface area contributed by atoms with Crippen molar-refractivity contribution in [3.05, 3.63) is 65.2 Å². The van der Waals surface area contributed by atoms with Crippen LogP contribution in [0.25, 0.3) is 0 Å². The summed E-state index contributed by atoms with van der Waals surface area (Å²) in [6.07, 6.45) is 0. The Hall–Kier alpha value is -3.13. The van der Waals surface area contributed by atoms with Gasteiger partial charge in [-0.2, -0.15) is 10.4 Å². The minimum absolute atomic E-state index is 0.194. The minimum atomic E-state index is -0.985. The van der Waals surface area contributed by atoms with Gasteiger partial charge < -0.3 is 5.11 Å². The van der Waals surface area contributed by atoms with Crippen LogP contribution in [0.5, 0.6) is 0 Å². The van der Waals surface area contributed by atoms with Crippen LogP contribution < -0.4 is 5.43 Å². The molecule has 21 heavy (non-hydrogen) atoms. The number of hydrogen-bond acceptors (Lipinski definition) is 4. The van der Waals surface area contributed by atoms with Crippen LogP contribution in [0.1, 0.15) is 28.4 Å². The van der Waals surface area contributed by atoms with E-state index in [0.717, 1.165) is 5.56 Å². The molecule has 0 saturated heterocycles. The molecule has 0 fully saturated rings. The van der Waals surface area contributed by atoms with Crippen molar-refractivity contribution in [2.75, 3.05) is 5.43 Å². The molecule has 104 valence electrons. The first-order valence-electron chi connectivity index (χ1n) is 6.24. The first kappa shape index (κ1) is 14.3. The number of nitrogens with one attached hydrogen (secondary N) is 1. The molecule has 2 aromatic carbocycles. The molecule has 0 unspecified atom stereocenters. The topological polar surface area (TPSA) is 85.5 Å². The molecular weight excluding hydrogens is 266 g/mol. The van der Waals surface area contributed by atoms with Crippen molar-refractivity contribution in [3.63, 3.8) is 0 Å². The van der Waals surface area contributed by atoms with E-state index in [4.69, 9.17) is 10.4 Å². The molecule has 0 aliphatic carbocycles. The molecule has 0 aliphatic heterocycles. The van der Waals surface area contributed by atoms with Crippen molar-refractivity contribution in [2.45, 2.75) is 6.92 Å². The SMILES string of the molecule is CC(=NNc1cccc(C(=O)O)c1)c1cccc(C#N)c1. The quantitative estimate of drug-likeness (QED) is 0.665. The highest BCUT2D eigenvalue weighted by Crippen LogP contribution is 2.12. The summed E-state index contributed by atoms with van der Waals surface area (Å²) in [5, 5.41) is 22.0. The van der Waals surface area contributed by atoms with Gasteiger partial charge in [-0.3, -0.25) is 5.43 Å². The lowest BCUT2D eigenvalue weighted by Gasteiger charge is -2.05. The summed E-state index contributed by atoms with van der Waals surface area (Å²) in [4.78, 5) is 10.9. The molecule has 0 spiro atoms. The maximum absolute atomic E-state index is 10.9. The summed E-state index contributed by atoms with van der Waals surface area (Å²) in [5.41, 5.74) is 5.70. The summed E-state index contributed by atoms with van der Waals surface area (Å²) in [7, 11) is 0. The molecule has 5 heteroatoms. The fourth-order valence-electron chi connectivity index (χ4n) is 1.75. The minimum Gasteiger partial charge on any atom is -0.478 e. The maximum atomic E-state index is 10.9. The van der Waals surface area contributed by atoms with Gasteiger partial charge in [0.15, 0.2) is 0 Å². The van der Waals surface area contributed by atoms with E-state index >= 15 is 0 Å². The predicted molar refractivity (Wildman–Crippen MR) is 80.4 cm³/mol. The van der Waals surface area contributed by atoms with E-state index in [1.165, 1.54) is 12.1 Å². The number of rotatable bonds is 4. The van der Waals surface area contributed by atoms with Gasteiger partial charge in [-0.05, 0) is 42.8 Å². The summed E-state index contributed by atoms with van der Waals surface area (Å²) < 4.78 is 0. The fraction of sp³-hybridized carbons (Fsp3) is 0.0625. The number of anilines is 1. The number of nitrogens with zero attached hydrogens (tertiary/aromatic N) is 2. The third-order valence-corrected chi connectivity index (χ3v) is 2.87. The normalized spacial score (nSPS) is 10.8. The van der Waals surface area contributed by atoms with Crippen molar-refractivity contribution < 1.29 is 9.90 Å². The number of benzene rings is 2. The van der Waals surface area contributed by atoms with Crippen LogP contribution in [0.2, 0.25) is 0 Å². The number of nitriles is 1. The Morgan fingerprint density at radius 3 is 2.62 bits per heavy atom. The van der Waals surface area contributed by atoms with E-state index < -0.39 is 5.97 Å². The van der Waals surface area contributed by atoms with Crippen molar-refractivity contribution in [1.29, 1.82) is 5.26 Å². The van der Waals surface area contributed by atoms with E-state index in [-0.39, 0.29) is 5.56 Å². The molecule has 2 rings (SSSR count). The third-order valence-electron chi connectivity index (χ3n) is 2.87. The molecule has 5 nitrogen and oxygen atoms in total. The first-order valence-corrected chi connectivity index (χ1v) is 6.24. The molecule has 0 aromatic heterocycles. The van der Waals surface area contributed by atoms with Gasteiger partial charge in [0.2, 0.25) is 0 Å². The lowest BCUT2D eigenvalue weighted by molar-refractivity contribution is 0.0697. The van der Waals surface area contributed by atoms with Crippen molar-refractivity contribution in [3.8, 4) is 6.07 Å². The Kier molecular flexibility index (Phi) is 4.32.